The lowest BCUT2D eigenvalue weighted by atomic mass is 10.2. The Kier molecular flexibility index (Phi) is 3.36. The zero-order valence-corrected chi connectivity index (χ0v) is 9.74. The van der Waals surface area contributed by atoms with Crippen molar-refractivity contribution in [3.05, 3.63) is 17.2 Å². The molecule has 2 heterocycles. The second-order valence-electron chi connectivity index (χ2n) is 3.50. The van der Waals surface area contributed by atoms with Gasteiger partial charge in [-0.05, 0) is 12.2 Å². The standard InChI is InChI=1S/C9H14ClN3S/c1-13-8(10)4-12-9(13)5-11-7-2-3-14-6-7/h4,7,11H,2-3,5-6H2,1H3. The van der Waals surface area contributed by atoms with Crippen LogP contribution >= 0.6 is 23.4 Å². The number of thioether (sulfide) groups is 1. The van der Waals surface area contributed by atoms with Gasteiger partial charge in [0.05, 0.1) is 12.7 Å². The van der Waals surface area contributed by atoms with Crippen molar-refractivity contribution in [2.24, 2.45) is 7.05 Å². The smallest absolute Gasteiger partial charge is 0.128 e. The molecule has 1 unspecified atom stereocenters. The van der Waals surface area contributed by atoms with E-state index >= 15 is 0 Å². The third kappa shape index (κ3) is 2.24. The molecule has 1 atom stereocenters. The van der Waals surface area contributed by atoms with Crippen LogP contribution in [0.15, 0.2) is 6.20 Å². The summed E-state index contributed by atoms with van der Waals surface area (Å²) < 4.78 is 1.91. The van der Waals surface area contributed by atoms with Crippen molar-refractivity contribution in [1.29, 1.82) is 0 Å². The van der Waals surface area contributed by atoms with Crippen molar-refractivity contribution >= 4 is 23.4 Å². The van der Waals surface area contributed by atoms with Gasteiger partial charge in [0.25, 0.3) is 0 Å². The molecule has 0 aromatic carbocycles. The van der Waals surface area contributed by atoms with Gasteiger partial charge < -0.3 is 9.88 Å². The first-order valence-corrected chi connectivity index (χ1v) is 6.28. The summed E-state index contributed by atoms with van der Waals surface area (Å²) in [5.74, 6) is 3.50. The fraction of sp³-hybridized carbons (Fsp3) is 0.667. The SMILES string of the molecule is Cn1c(Cl)cnc1CNC1CCSC1. The van der Waals surface area contributed by atoms with Gasteiger partial charge in [-0.1, -0.05) is 11.6 Å². The van der Waals surface area contributed by atoms with Crippen LogP contribution in [0.5, 0.6) is 0 Å². The summed E-state index contributed by atoms with van der Waals surface area (Å²) in [5, 5.41) is 4.19. The van der Waals surface area contributed by atoms with Crippen LogP contribution in [-0.2, 0) is 13.6 Å². The number of halogens is 1. The van der Waals surface area contributed by atoms with E-state index in [-0.39, 0.29) is 0 Å². The van der Waals surface area contributed by atoms with Crippen LogP contribution in [-0.4, -0.2) is 27.1 Å². The number of nitrogens with zero attached hydrogens (tertiary/aromatic N) is 2. The highest BCUT2D eigenvalue weighted by molar-refractivity contribution is 7.99. The molecule has 1 saturated heterocycles. The fourth-order valence-corrected chi connectivity index (χ4v) is 2.85. The van der Waals surface area contributed by atoms with E-state index in [2.05, 4.69) is 10.3 Å². The highest BCUT2D eigenvalue weighted by Gasteiger charge is 2.15. The van der Waals surface area contributed by atoms with Crippen molar-refractivity contribution in [3.8, 4) is 0 Å². The Hall–Kier alpha value is -0.190. The van der Waals surface area contributed by atoms with Gasteiger partial charge in [0.15, 0.2) is 0 Å². The van der Waals surface area contributed by atoms with Crippen molar-refractivity contribution in [2.45, 2.75) is 19.0 Å². The number of aromatic nitrogens is 2. The van der Waals surface area contributed by atoms with Gasteiger partial charge >= 0.3 is 0 Å². The Bertz CT molecular complexity index is 307. The normalized spacial score (nSPS) is 21.7. The van der Waals surface area contributed by atoms with Crippen molar-refractivity contribution in [2.75, 3.05) is 11.5 Å². The zero-order chi connectivity index (χ0) is 9.97. The van der Waals surface area contributed by atoms with E-state index < -0.39 is 0 Å². The summed E-state index contributed by atoms with van der Waals surface area (Å²) in [4.78, 5) is 4.24. The second-order valence-corrected chi connectivity index (χ2v) is 5.03. The minimum atomic E-state index is 0.649. The van der Waals surface area contributed by atoms with Gasteiger partial charge in [-0.3, -0.25) is 0 Å². The molecule has 1 aromatic rings. The first-order chi connectivity index (χ1) is 6.77. The molecule has 1 aliphatic rings. The molecule has 1 aromatic heterocycles. The number of hydrogen-bond donors (Lipinski definition) is 1. The molecule has 1 fully saturated rings. The van der Waals surface area contributed by atoms with Crippen molar-refractivity contribution in [3.63, 3.8) is 0 Å². The highest BCUT2D eigenvalue weighted by Crippen LogP contribution is 2.17. The van der Waals surface area contributed by atoms with E-state index in [0.717, 1.165) is 12.4 Å². The monoisotopic (exact) mass is 231 g/mol. The van der Waals surface area contributed by atoms with Crippen LogP contribution < -0.4 is 5.32 Å². The van der Waals surface area contributed by atoms with Crippen LogP contribution in [0, 0.1) is 0 Å². The summed E-state index contributed by atoms with van der Waals surface area (Å²) in [7, 11) is 1.94. The fourth-order valence-electron chi connectivity index (χ4n) is 1.52. The van der Waals surface area contributed by atoms with E-state index in [9.17, 15) is 0 Å². The van der Waals surface area contributed by atoms with E-state index in [1.165, 1.54) is 17.9 Å². The maximum atomic E-state index is 5.89. The summed E-state index contributed by atoms with van der Waals surface area (Å²) in [6.07, 6.45) is 2.96. The average Bonchev–Trinajstić information content (AvgIpc) is 2.77. The summed E-state index contributed by atoms with van der Waals surface area (Å²) in [6, 6.07) is 0.649. The first-order valence-electron chi connectivity index (χ1n) is 4.74. The molecule has 0 bridgehead atoms. The molecule has 0 spiro atoms. The molecule has 5 heteroatoms. The van der Waals surface area contributed by atoms with Crippen molar-refractivity contribution in [1.82, 2.24) is 14.9 Å². The summed E-state index contributed by atoms with van der Waals surface area (Å²) in [5.41, 5.74) is 0. The molecular formula is C9H14ClN3S. The molecule has 1 N–H and O–H groups in total. The van der Waals surface area contributed by atoms with Gasteiger partial charge in [0.1, 0.15) is 11.0 Å². The Balaban J connectivity index is 1.88. The van der Waals surface area contributed by atoms with Crippen LogP contribution in [0.2, 0.25) is 5.15 Å². The number of imidazole rings is 1. The van der Waals surface area contributed by atoms with Crippen LogP contribution in [0.25, 0.3) is 0 Å². The van der Waals surface area contributed by atoms with Gasteiger partial charge in [0, 0.05) is 18.8 Å². The lowest BCUT2D eigenvalue weighted by molar-refractivity contribution is 0.536. The molecule has 1 aliphatic heterocycles. The van der Waals surface area contributed by atoms with Crippen LogP contribution in [0.3, 0.4) is 0 Å². The molecule has 0 saturated carbocycles. The third-order valence-electron chi connectivity index (χ3n) is 2.51. The van der Waals surface area contributed by atoms with Gasteiger partial charge in [-0.15, -0.1) is 0 Å². The largest absolute Gasteiger partial charge is 0.321 e. The maximum Gasteiger partial charge on any atom is 0.128 e. The van der Waals surface area contributed by atoms with Crippen LogP contribution in [0.4, 0.5) is 0 Å². The average molecular weight is 232 g/mol. The Morgan fingerprint density at radius 2 is 2.64 bits per heavy atom. The maximum absolute atomic E-state index is 5.89. The molecule has 14 heavy (non-hydrogen) atoms. The minimum absolute atomic E-state index is 0.649. The summed E-state index contributed by atoms with van der Waals surface area (Å²) >= 11 is 7.90. The van der Waals surface area contributed by atoms with E-state index in [4.69, 9.17) is 11.6 Å². The molecule has 2 rings (SSSR count). The van der Waals surface area contributed by atoms with E-state index in [1.807, 2.05) is 23.4 Å². The Morgan fingerprint density at radius 3 is 3.21 bits per heavy atom. The molecule has 0 radical (unpaired) electrons. The first kappa shape index (κ1) is 10.3. The number of nitrogens with one attached hydrogen (secondary N) is 1. The van der Waals surface area contributed by atoms with Gasteiger partial charge in [0.2, 0.25) is 0 Å². The van der Waals surface area contributed by atoms with Crippen LogP contribution in [0.1, 0.15) is 12.2 Å². The Morgan fingerprint density at radius 1 is 1.79 bits per heavy atom. The lowest BCUT2D eigenvalue weighted by Gasteiger charge is -2.10. The van der Waals surface area contributed by atoms with Crippen molar-refractivity contribution < 1.29 is 0 Å². The second kappa shape index (κ2) is 4.55. The van der Waals surface area contributed by atoms with Gasteiger partial charge in [-0.2, -0.15) is 11.8 Å². The molecule has 0 aliphatic carbocycles. The minimum Gasteiger partial charge on any atom is -0.321 e. The third-order valence-corrected chi connectivity index (χ3v) is 4.02. The Labute approximate surface area is 93.2 Å². The molecular weight excluding hydrogens is 218 g/mol. The zero-order valence-electron chi connectivity index (χ0n) is 8.16. The predicted octanol–water partition coefficient (Wildman–Crippen LogP) is 1.67. The number of hydrogen-bond acceptors (Lipinski definition) is 3. The number of rotatable bonds is 3. The molecule has 3 nitrogen and oxygen atoms in total. The topological polar surface area (TPSA) is 29.9 Å². The molecule has 78 valence electrons. The molecule has 0 amide bonds. The van der Waals surface area contributed by atoms with E-state index in [0.29, 0.717) is 11.2 Å². The van der Waals surface area contributed by atoms with Gasteiger partial charge in [-0.25, -0.2) is 4.98 Å². The lowest BCUT2D eigenvalue weighted by Crippen LogP contribution is -2.29. The van der Waals surface area contributed by atoms with E-state index in [1.54, 1.807) is 6.20 Å². The highest BCUT2D eigenvalue weighted by atomic mass is 35.5. The summed E-state index contributed by atoms with van der Waals surface area (Å²) in [6.45, 7) is 0.814. The predicted molar refractivity (Wildman–Crippen MR) is 60.8 cm³/mol. The quantitative estimate of drug-likeness (QED) is 0.859.